The summed E-state index contributed by atoms with van der Waals surface area (Å²) in [4.78, 5) is 2.33. The Bertz CT molecular complexity index is 365. The third-order valence-electron chi connectivity index (χ3n) is 3.43. The van der Waals surface area contributed by atoms with Crippen LogP contribution in [0.5, 0.6) is 0 Å². The van der Waals surface area contributed by atoms with Gasteiger partial charge in [-0.2, -0.15) is 0 Å². The summed E-state index contributed by atoms with van der Waals surface area (Å²) in [7, 11) is 0. The molecule has 4 heteroatoms. The number of hydrogen-bond donors (Lipinski definition) is 0. The monoisotopic (exact) mass is 249 g/mol. The van der Waals surface area contributed by atoms with Gasteiger partial charge in [0.15, 0.2) is 6.29 Å². The number of hydrogen-bond acceptors (Lipinski definition) is 4. The highest BCUT2D eigenvalue weighted by Crippen LogP contribution is 2.26. The van der Waals surface area contributed by atoms with Gasteiger partial charge in [0.05, 0.1) is 19.8 Å². The van der Waals surface area contributed by atoms with Crippen LogP contribution in [0, 0.1) is 0 Å². The van der Waals surface area contributed by atoms with E-state index < -0.39 is 0 Å². The predicted molar refractivity (Wildman–Crippen MR) is 67.3 cm³/mol. The number of ether oxygens (including phenoxy) is 3. The molecular weight excluding hydrogens is 230 g/mol. The van der Waals surface area contributed by atoms with Crippen LogP contribution in [0.1, 0.15) is 11.7 Å². The highest BCUT2D eigenvalue weighted by atomic mass is 16.7. The lowest BCUT2D eigenvalue weighted by molar-refractivity contribution is -0.0881. The van der Waals surface area contributed by atoms with E-state index in [0.29, 0.717) is 6.61 Å². The Kier molecular flexibility index (Phi) is 3.90. The van der Waals surface area contributed by atoms with Crippen molar-refractivity contribution < 1.29 is 14.2 Å². The Hall–Kier alpha value is -0.940. The predicted octanol–water partition coefficient (Wildman–Crippen LogP) is 1.43. The summed E-state index contributed by atoms with van der Waals surface area (Å²) in [5, 5.41) is 0. The molecule has 3 rings (SSSR count). The van der Waals surface area contributed by atoms with E-state index in [0.717, 1.165) is 32.8 Å². The highest BCUT2D eigenvalue weighted by Gasteiger charge is 2.28. The maximum atomic E-state index is 5.95. The van der Waals surface area contributed by atoms with Crippen LogP contribution in [0.25, 0.3) is 0 Å². The average molecular weight is 249 g/mol. The fraction of sp³-hybridized carbons (Fsp3) is 0.571. The minimum Gasteiger partial charge on any atom is -0.379 e. The summed E-state index contributed by atoms with van der Waals surface area (Å²) in [6, 6.07) is 10.3. The zero-order valence-corrected chi connectivity index (χ0v) is 10.5. The molecule has 0 spiro atoms. The Morgan fingerprint density at radius 3 is 2.67 bits per heavy atom. The molecule has 2 fully saturated rings. The molecule has 1 aromatic carbocycles. The van der Waals surface area contributed by atoms with Crippen LogP contribution in [-0.4, -0.2) is 50.6 Å². The molecule has 0 saturated carbocycles. The molecule has 2 aliphatic rings. The van der Waals surface area contributed by atoms with E-state index in [9.17, 15) is 0 Å². The molecule has 0 aromatic heterocycles. The van der Waals surface area contributed by atoms with Crippen molar-refractivity contribution in [2.75, 3.05) is 39.5 Å². The number of rotatable bonds is 3. The maximum Gasteiger partial charge on any atom is 0.171 e. The van der Waals surface area contributed by atoms with Crippen LogP contribution < -0.4 is 0 Å². The van der Waals surface area contributed by atoms with Crippen LogP contribution >= 0.6 is 0 Å². The standard InChI is InChI=1S/C14H19NO3/c1-2-4-12(5-3-1)13-11-17-14(18-13)10-15-6-8-16-9-7-15/h1-5,13-14H,6-11H2. The van der Waals surface area contributed by atoms with Gasteiger partial charge in [0, 0.05) is 19.6 Å². The first-order valence-electron chi connectivity index (χ1n) is 6.54. The number of morpholine rings is 1. The third kappa shape index (κ3) is 2.90. The molecule has 2 atom stereocenters. The molecule has 4 nitrogen and oxygen atoms in total. The van der Waals surface area contributed by atoms with Crippen LogP contribution in [0.3, 0.4) is 0 Å². The molecule has 2 unspecified atom stereocenters. The third-order valence-corrected chi connectivity index (χ3v) is 3.43. The minimum atomic E-state index is -0.103. The Morgan fingerprint density at radius 1 is 1.11 bits per heavy atom. The fourth-order valence-corrected chi connectivity index (χ4v) is 2.39. The van der Waals surface area contributed by atoms with Gasteiger partial charge in [0.2, 0.25) is 0 Å². The topological polar surface area (TPSA) is 30.9 Å². The van der Waals surface area contributed by atoms with Gasteiger partial charge in [-0.05, 0) is 5.56 Å². The quantitative estimate of drug-likeness (QED) is 0.811. The van der Waals surface area contributed by atoms with Crippen molar-refractivity contribution in [3.05, 3.63) is 35.9 Å². The first-order valence-corrected chi connectivity index (χ1v) is 6.54. The molecule has 1 aromatic rings. The van der Waals surface area contributed by atoms with Crippen molar-refractivity contribution in [1.82, 2.24) is 4.90 Å². The molecule has 2 saturated heterocycles. The van der Waals surface area contributed by atoms with Crippen molar-refractivity contribution in [3.63, 3.8) is 0 Å². The fourth-order valence-electron chi connectivity index (χ4n) is 2.39. The van der Waals surface area contributed by atoms with Crippen LogP contribution in [0.4, 0.5) is 0 Å². The maximum absolute atomic E-state index is 5.95. The van der Waals surface area contributed by atoms with E-state index in [1.165, 1.54) is 5.56 Å². The smallest absolute Gasteiger partial charge is 0.171 e. The minimum absolute atomic E-state index is 0.0808. The Morgan fingerprint density at radius 2 is 1.89 bits per heavy atom. The molecule has 0 N–H and O–H groups in total. The van der Waals surface area contributed by atoms with Crippen molar-refractivity contribution in [2.24, 2.45) is 0 Å². The summed E-state index contributed by atoms with van der Waals surface area (Å²) in [5.41, 5.74) is 1.20. The molecule has 0 radical (unpaired) electrons. The second kappa shape index (κ2) is 5.80. The summed E-state index contributed by atoms with van der Waals surface area (Å²) < 4.78 is 17.0. The number of nitrogens with zero attached hydrogens (tertiary/aromatic N) is 1. The first-order chi connectivity index (χ1) is 8.92. The second-order valence-electron chi connectivity index (χ2n) is 4.71. The van der Waals surface area contributed by atoms with Gasteiger partial charge < -0.3 is 14.2 Å². The molecule has 0 amide bonds. The largest absolute Gasteiger partial charge is 0.379 e. The summed E-state index contributed by atoms with van der Waals surface area (Å²) in [5.74, 6) is 0. The summed E-state index contributed by atoms with van der Waals surface area (Å²) >= 11 is 0. The molecule has 18 heavy (non-hydrogen) atoms. The van der Waals surface area contributed by atoms with Gasteiger partial charge in [-0.25, -0.2) is 0 Å². The van der Waals surface area contributed by atoms with E-state index in [1.54, 1.807) is 0 Å². The Labute approximate surface area is 107 Å². The number of benzene rings is 1. The van der Waals surface area contributed by atoms with Crippen molar-refractivity contribution >= 4 is 0 Å². The van der Waals surface area contributed by atoms with Gasteiger partial charge in [-0.3, -0.25) is 4.90 Å². The van der Waals surface area contributed by atoms with Crippen molar-refractivity contribution in [1.29, 1.82) is 0 Å². The molecule has 2 aliphatic heterocycles. The average Bonchev–Trinajstić information content (AvgIpc) is 2.89. The molecule has 0 aliphatic carbocycles. The van der Waals surface area contributed by atoms with Gasteiger partial charge >= 0.3 is 0 Å². The lowest BCUT2D eigenvalue weighted by Crippen LogP contribution is -2.41. The van der Waals surface area contributed by atoms with Gasteiger partial charge in [0.1, 0.15) is 6.10 Å². The van der Waals surface area contributed by atoms with E-state index >= 15 is 0 Å². The molecule has 98 valence electrons. The van der Waals surface area contributed by atoms with E-state index in [-0.39, 0.29) is 12.4 Å². The van der Waals surface area contributed by atoms with E-state index in [2.05, 4.69) is 17.0 Å². The van der Waals surface area contributed by atoms with Crippen LogP contribution in [0.15, 0.2) is 30.3 Å². The first kappa shape index (κ1) is 12.1. The van der Waals surface area contributed by atoms with Gasteiger partial charge in [0.25, 0.3) is 0 Å². The van der Waals surface area contributed by atoms with E-state index in [4.69, 9.17) is 14.2 Å². The molecule has 2 heterocycles. The van der Waals surface area contributed by atoms with Crippen LogP contribution in [-0.2, 0) is 14.2 Å². The normalized spacial score (nSPS) is 29.6. The van der Waals surface area contributed by atoms with Crippen molar-refractivity contribution in [3.8, 4) is 0 Å². The Balaban J connectivity index is 1.52. The zero-order valence-electron chi connectivity index (χ0n) is 10.5. The van der Waals surface area contributed by atoms with Crippen LogP contribution in [0.2, 0.25) is 0 Å². The molecule has 0 bridgehead atoms. The lowest BCUT2D eigenvalue weighted by atomic mass is 10.1. The SMILES string of the molecule is c1ccc(C2COC(CN3CCOCC3)O2)cc1. The summed E-state index contributed by atoms with van der Waals surface area (Å²) in [6.45, 7) is 5.06. The van der Waals surface area contributed by atoms with E-state index in [1.807, 2.05) is 18.2 Å². The summed E-state index contributed by atoms with van der Waals surface area (Å²) in [6.07, 6.45) is -0.0226. The zero-order chi connectivity index (χ0) is 12.2. The molecular formula is C14H19NO3. The van der Waals surface area contributed by atoms with Crippen molar-refractivity contribution in [2.45, 2.75) is 12.4 Å². The second-order valence-corrected chi connectivity index (χ2v) is 4.71. The highest BCUT2D eigenvalue weighted by molar-refractivity contribution is 5.18. The lowest BCUT2D eigenvalue weighted by Gasteiger charge is -2.28. The van der Waals surface area contributed by atoms with Gasteiger partial charge in [-0.15, -0.1) is 0 Å². The van der Waals surface area contributed by atoms with Gasteiger partial charge in [-0.1, -0.05) is 30.3 Å².